The summed E-state index contributed by atoms with van der Waals surface area (Å²) in [5.41, 5.74) is 0. The smallest absolute Gasteiger partial charge is 0.268 e. The molecule has 8 nitrogen and oxygen atoms in total. The van der Waals surface area contributed by atoms with Crippen LogP contribution in [0.3, 0.4) is 0 Å². The summed E-state index contributed by atoms with van der Waals surface area (Å²) in [6.07, 6.45) is 99.9. The molecule has 0 aromatic carbocycles. The van der Waals surface area contributed by atoms with Gasteiger partial charge in [-0.2, -0.15) is 0 Å². The average molecular weight is 1250 g/mol. The molecule has 0 rings (SSSR count). The molecule has 1 amide bonds. The van der Waals surface area contributed by atoms with Gasteiger partial charge in [-0.1, -0.05) is 349 Å². The minimum Gasteiger partial charge on any atom is -0.756 e. The van der Waals surface area contributed by atoms with Crippen LogP contribution >= 0.6 is 7.82 Å². The topological polar surface area (TPSA) is 108 Å². The van der Waals surface area contributed by atoms with Crippen LogP contribution in [0.5, 0.6) is 0 Å². The van der Waals surface area contributed by atoms with Gasteiger partial charge in [0, 0.05) is 6.42 Å². The number of nitrogens with zero attached hydrogens (tertiary/aromatic N) is 1. The Morgan fingerprint density at radius 1 is 0.409 bits per heavy atom. The molecule has 0 aliphatic rings. The van der Waals surface area contributed by atoms with Crippen LogP contribution in [0.25, 0.3) is 0 Å². The van der Waals surface area contributed by atoms with Crippen molar-refractivity contribution in [3.05, 3.63) is 97.2 Å². The number of amides is 1. The number of nitrogens with one attached hydrogen (secondary N) is 1. The lowest BCUT2D eigenvalue weighted by Crippen LogP contribution is -2.45. The van der Waals surface area contributed by atoms with E-state index in [4.69, 9.17) is 9.05 Å². The molecule has 2 N–H and O–H groups in total. The van der Waals surface area contributed by atoms with Crippen LogP contribution in [0.4, 0.5) is 0 Å². The van der Waals surface area contributed by atoms with Crippen molar-refractivity contribution in [3.8, 4) is 0 Å². The fraction of sp³-hybridized carbons (Fsp3) is 0.785. The number of aliphatic hydroxyl groups is 1. The third-order valence-corrected chi connectivity index (χ3v) is 17.7. The number of carbonyl (C=O) groups excluding carboxylic acids is 1. The summed E-state index contributed by atoms with van der Waals surface area (Å²) in [5, 5.41) is 14.0. The molecule has 0 saturated carbocycles. The Morgan fingerprint density at radius 2 is 0.705 bits per heavy atom. The SMILES string of the molecule is CC/C=C\C/C=C\C/C=C\C/C=C\C/C=C\CCCCCCCCCCCCCCCCCCCCCCCC(=O)NC(COP(=O)([O-])OCC[N+](C)(C)C)C(O)/C=C/CC/C=C/CC/C=C/CCCCCCCCCCCCCCCCCCCCC. The zero-order valence-corrected chi connectivity index (χ0v) is 59.6. The summed E-state index contributed by atoms with van der Waals surface area (Å²) in [5.74, 6) is -0.208. The van der Waals surface area contributed by atoms with E-state index < -0.39 is 26.6 Å². The van der Waals surface area contributed by atoms with Crippen LogP contribution in [0.1, 0.15) is 348 Å². The number of phosphoric acid groups is 1. The molecule has 0 aromatic rings. The molecule has 88 heavy (non-hydrogen) atoms. The second-order valence-corrected chi connectivity index (χ2v) is 28.0. The van der Waals surface area contributed by atoms with Crippen LogP contribution in [-0.4, -0.2) is 68.5 Å². The van der Waals surface area contributed by atoms with E-state index in [2.05, 4.69) is 104 Å². The largest absolute Gasteiger partial charge is 0.756 e. The van der Waals surface area contributed by atoms with E-state index >= 15 is 0 Å². The summed E-state index contributed by atoms with van der Waals surface area (Å²) in [6, 6.07) is -0.915. The fourth-order valence-corrected chi connectivity index (χ4v) is 11.7. The number of likely N-dealkylation sites (N-methyl/N-ethyl adjacent to an activating group) is 1. The van der Waals surface area contributed by atoms with E-state index in [1.807, 2.05) is 27.2 Å². The quantitative estimate of drug-likeness (QED) is 0.0272. The summed E-state index contributed by atoms with van der Waals surface area (Å²) in [4.78, 5) is 25.7. The number of rotatable bonds is 69. The minimum atomic E-state index is -4.62. The molecule has 0 radical (unpaired) electrons. The van der Waals surface area contributed by atoms with Gasteiger partial charge in [-0.3, -0.25) is 9.36 Å². The molecule has 9 heteroatoms. The first-order valence-electron chi connectivity index (χ1n) is 37.6. The van der Waals surface area contributed by atoms with E-state index in [0.29, 0.717) is 17.4 Å². The highest BCUT2D eigenvalue weighted by Gasteiger charge is 2.23. The van der Waals surface area contributed by atoms with E-state index in [9.17, 15) is 19.4 Å². The first-order valence-corrected chi connectivity index (χ1v) is 39.1. The molecule has 0 aliphatic carbocycles. The number of allylic oxidation sites excluding steroid dienone is 15. The molecule has 0 aliphatic heterocycles. The molecule has 0 spiro atoms. The first kappa shape index (κ1) is 85.4. The van der Waals surface area contributed by atoms with Gasteiger partial charge in [-0.05, 0) is 89.9 Å². The van der Waals surface area contributed by atoms with Gasteiger partial charge < -0.3 is 28.8 Å². The highest BCUT2D eigenvalue weighted by atomic mass is 31.2. The summed E-state index contributed by atoms with van der Waals surface area (Å²) in [6.45, 7) is 4.55. The number of hydrogen-bond donors (Lipinski definition) is 2. The predicted molar refractivity (Wildman–Crippen MR) is 385 cm³/mol. The standard InChI is InChI=1S/C79H145N2O6P/c1-6-8-10-12-14-16-18-20-22-24-26-28-30-32-34-36-37-38-39-40-41-42-43-45-47-49-51-53-55-57-59-61-63-65-67-69-71-73-79(83)80-77(76-87-88(84,85)86-75-74-81(3,4)5)78(82)72-70-68-66-64-62-60-58-56-54-52-50-48-46-44-35-33-31-29-27-25-23-21-19-17-15-13-11-9-7-2/h8,10,14,16,20,22,26,28,32,34,54,56,62,64,70,72,77-78,82H,6-7,9,11-13,15,17-19,21,23-25,27,29-31,33,35-53,55,57-61,63,65-69,71,73-76H2,1-5H3,(H-,80,83,84,85)/b10-8-,16-14-,22-20-,28-26-,34-32-,56-54+,64-62+,72-70+. The minimum absolute atomic E-state index is 0.0105. The monoisotopic (exact) mass is 1250 g/mol. The van der Waals surface area contributed by atoms with Crippen molar-refractivity contribution < 1.29 is 32.9 Å². The second kappa shape index (κ2) is 68.8. The Bertz CT molecular complexity index is 1760. The maximum atomic E-state index is 13.1. The number of unbranched alkanes of at least 4 members (excludes halogenated alkanes) is 42. The van der Waals surface area contributed by atoms with E-state index in [-0.39, 0.29) is 12.5 Å². The van der Waals surface area contributed by atoms with Gasteiger partial charge >= 0.3 is 0 Å². The molecule has 0 saturated heterocycles. The van der Waals surface area contributed by atoms with Gasteiger partial charge in [0.05, 0.1) is 39.9 Å². The third kappa shape index (κ3) is 70.9. The van der Waals surface area contributed by atoms with Crippen molar-refractivity contribution in [2.24, 2.45) is 0 Å². The van der Waals surface area contributed by atoms with Crippen molar-refractivity contribution in [2.45, 2.75) is 360 Å². The van der Waals surface area contributed by atoms with Crippen molar-refractivity contribution in [1.82, 2.24) is 5.32 Å². The average Bonchev–Trinajstić information content (AvgIpc) is 3.70. The Balaban J connectivity index is 4.05. The maximum Gasteiger partial charge on any atom is 0.268 e. The van der Waals surface area contributed by atoms with Gasteiger partial charge in [-0.25, -0.2) is 0 Å². The molecular weight excluding hydrogens is 1100 g/mol. The van der Waals surface area contributed by atoms with Crippen molar-refractivity contribution in [1.29, 1.82) is 0 Å². The maximum absolute atomic E-state index is 13.1. The first-order chi connectivity index (χ1) is 43.0. The molecule has 512 valence electrons. The van der Waals surface area contributed by atoms with Gasteiger partial charge in [0.15, 0.2) is 0 Å². The third-order valence-electron chi connectivity index (χ3n) is 16.8. The normalized spacial score (nSPS) is 14.1. The highest BCUT2D eigenvalue weighted by Crippen LogP contribution is 2.38. The van der Waals surface area contributed by atoms with Crippen LogP contribution in [0.15, 0.2) is 97.2 Å². The van der Waals surface area contributed by atoms with Crippen LogP contribution < -0.4 is 10.2 Å². The summed E-state index contributed by atoms with van der Waals surface area (Å²) in [7, 11) is 1.24. The van der Waals surface area contributed by atoms with Gasteiger partial charge in [0.25, 0.3) is 7.82 Å². The van der Waals surface area contributed by atoms with Crippen LogP contribution in [-0.2, 0) is 18.4 Å². The lowest BCUT2D eigenvalue weighted by molar-refractivity contribution is -0.870. The van der Waals surface area contributed by atoms with Crippen molar-refractivity contribution >= 4 is 13.7 Å². The molecule has 3 unspecified atom stereocenters. The van der Waals surface area contributed by atoms with Gasteiger partial charge in [0.1, 0.15) is 13.2 Å². The van der Waals surface area contributed by atoms with Crippen LogP contribution in [0.2, 0.25) is 0 Å². The van der Waals surface area contributed by atoms with Crippen molar-refractivity contribution in [3.63, 3.8) is 0 Å². The van der Waals surface area contributed by atoms with Crippen LogP contribution in [0, 0.1) is 0 Å². The van der Waals surface area contributed by atoms with Crippen molar-refractivity contribution in [2.75, 3.05) is 40.9 Å². The number of aliphatic hydroxyl groups excluding tert-OH is 1. The Hall–Kier alpha value is -2.58. The van der Waals surface area contributed by atoms with Gasteiger partial charge in [0.2, 0.25) is 5.91 Å². The predicted octanol–water partition coefficient (Wildman–Crippen LogP) is 23.8. The zero-order chi connectivity index (χ0) is 64.1. The highest BCUT2D eigenvalue weighted by molar-refractivity contribution is 7.45. The lowest BCUT2D eigenvalue weighted by atomic mass is 10.0. The Morgan fingerprint density at radius 3 is 1.06 bits per heavy atom. The molecule has 0 fully saturated rings. The summed E-state index contributed by atoms with van der Waals surface area (Å²) >= 11 is 0. The number of phosphoric ester groups is 1. The molecule has 0 heterocycles. The second-order valence-electron chi connectivity index (χ2n) is 26.6. The van der Waals surface area contributed by atoms with Gasteiger partial charge in [-0.15, -0.1) is 0 Å². The summed E-state index contributed by atoms with van der Waals surface area (Å²) < 4.78 is 23.5. The van der Waals surface area contributed by atoms with E-state index in [1.54, 1.807) is 6.08 Å². The molecule has 0 aromatic heterocycles. The Labute approximate surface area is 547 Å². The molecular formula is C79H145N2O6P. The number of carbonyl (C=O) groups is 1. The van der Waals surface area contributed by atoms with E-state index in [1.165, 1.54) is 250 Å². The number of hydrogen-bond acceptors (Lipinski definition) is 6. The lowest BCUT2D eigenvalue weighted by Gasteiger charge is -2.29. The Kier molecular flexibility index (Phi) is 66.8. The zero-order valence-electron chi connectivity index (χ0n) is 58.7. The molecule has 0 bridgehead atoms. The molecule has 3 atom stereocenters. The fourth-order valence-electron chi connectivity index (χ4n) is 11.0. The van der Waals surface area contributed by atoms with E-state index in [0.717, 1.165) is 77.0 Å². The number of quaternary nitrogens is 1.